The lowest BCUT2D eigenvalue weighted by atomic mass is 10.4. The highest BCUT2D eigenvalue weighted by molar-refractivity contribution is 8.74. The minimum Gasteiger partial charge on any atom is -0.332 e. The molecule has 0 aromatic carbocycles. The Balaban J connectivity index is 2.26. The van der Waals surface area contributed by atoms with Gasteiger partial charge in [-0.15, -0.1) is 4.33 Å². The van der Waals surface area contributed by atoms with E-state index in [1.54, 1.807) is 16.9 Å². The second-order valence-electron chi connectivity index (χ2n) is 1.60. The van der Waals surface area contributed by atoms with Crippen LogP contribution in [0.15, 0.2) is 24.5 Å². The Morgan fingerprint density at radius 1 is 1.30 bits per heavy atom. The fourth-order valence-electron chi connectivity index (χ4n) is 0.461. The maximum atomic E-state index is 4.67. The minimum atomic E-state index is 1.05. The molecule has 0 N–H and O–H groups in total. The van der Waals surface area contributed by atoms with Crippen LogP contribution < -0.4 is 0 Å². The molecule has 1 rings (SSSR count). The van der Waals surface area contributed by atoms with Gasteiger partial charge in [0.15, 0.2) is 0 Å². The van der Waals surface area contributed by atoms with Crippen LogP contribution in [0.5, 0.6) is 0 Å². The van der Waals surface area contributed by atoms with Gasteiger partial charge in [-0.2, -0.15) is 0 Å². The van der Waals surface area contributed by atoms with E-state index in [-0.39, 0.29) is 0 Å². The molecule has 0 aromatic heterocycles. The van der Waals surface area contributed by atoms with Crippen LogP contribution in [0.3, 0.4) is 0 Å². The molecule has 0 unspecified atom stereocenters. The van der Waals surface area contributed by atoms with Gasteiger partial charge < -0.3 is 4.89 Å². The van der Waals surface area contributed by atoms with E-state index in [4.69, 9.17) is 0 Å². The third-order valence-corrected chi connectivity index (χ3v) is 2.45. The summed E-state index contributed by atoms with van der Waals surface area (Å²) in [6, 6.07) is 0. The van der Waals surface area contributed by atoms with Crippen molar-refractivity contribution >= 4 is 21.9 Å². The van der Waals surface area contributed by atoms with Crippen molar-refractivity contribution in [1.29, 1.82) is 0 Å². The Morgan fingerprint density at radius 3 is 3.30 bits per heavy atom. The fourth-order valence-corrected chi connectivity index (χ4v) is 1.58. The van der Waals surface area contributed by atoms with E-state index < -0.39 is 0 Å². The molecule has 0 amide bonds. The molecule has 0 saturated heterocycles. The van der Waals surface area contributed by atoms with Gasteiger partial charge in [0, 0.05) is 5.75 Å². The number of hydrogen-bond donors (Lipinski definition) is 0. The molecular formula is C6H8O2S2. The normalized spacial score (nSPS) is 26.4. The van der Waals surface area contributed by atoms with Crippen molar-refractivity contribution in [1.82, 2.24) is 0 Å². The van der Waals surface area contributed by atoms with E-state index in [2.05, 4.69) is 15.3 Å². The van der Waals surface area contributed by atoms with Crippen molar-refractivity contribution in [2.75, 3.05) is 5.75 Å². The first-order valence-electron chi connectivity index (χ1n) is 2.93. The highest BCUT2D eigenvalue weighted by Gasteiger charge is 1.90. The summed E-state index contributed by atoms with van der Waals surface area (Å²) in [4.78, 5) is 4.62. The van der Waals surface area contributed by atoms with E-state index >= 15 is 0 Å². The lowest BCUT2D eigenvalue weighted by Gasteiger charge is -1.97. The second kappa shape index (κ2) is 5.70. The van der Waals surface area contributed by atoms with Crippen molar-refractivity contribution in [2.24, 2.45) is 0 Å². The topological polar surface area (TPSA) is 18.5 Å². The zero-order valence-electron chi connectivity index (χ0n) is 5.36. The third kappa shape index (κ3) is 3.87. The van der Waals surface area contributed by atoms with Gasteiger partial charge in [-0.05, 0) is 12.5 Å². The lowest BCUT2D eigenvalue weighted by Crippen LogP contribution is -1.77. The largest absolute Gasteiger partial charge is 0.332 e. The van der Waals surface area contributed by atoms with Crippen LogP contribution >= 0.6 is 21.9 Å². The van der Waals surface area contributed by atoms with Gasteiger partial charge in [0.2, 0.25) is 0 Å². The first-order valence-corrected chi connectivity index (χ1v) is 5.18. The summed E-state index contributed by atoms with van der Waals surface area (Å²) in [6.07, 6.45) is 8.43. The van der Waals surface area contributed by atoms with Gasteiger partial charge in [0.1, 0.15) is 17.3 Å². The van der Waals surface area contributed by atoms with Crippen molar-refractivity contribution in [3.8, 4) is 0 Å². The number of rotatable bonds is 0. The number of allylic oxidation sites excluding steroid dienone is 3. The molecule has 0 atom stereocenters. The van der Waals surface area contributed by atoms with Gasteiger partial charge in [-0.25, -0.2) is 0 Å². The third-order valence-electron chi connectivity index (χ3n) is 0.864. The molecule has 0 spiro atoms. The molecule has 1 aliphatic rings. The highest BCUT2D eigenvalue weighted by atomic mass is 33.1. The first-order chi connectivity index (χ1) is 5.00. The van der Waals surface area contributed by atoms with Gasteiger partial charge >= 0.3 is 0 Å². The summed E-state index contributed by atoms with van der Waals surface area (Å²) in [5, 5.41) is 0. The molecule has 10 heavy (non-hydrogen) atoms. The van der Waals surface area contributed by atoms with E-state index in [1.165, 1.54) is 17.3 Å². The Bertz CT molecular complexity index is 118. The zero-order valence-corrected chi connectivity index (χ0v) is 6.99. The van der Waals surface area contributed by atoms with Crippen LogP contribution in [0.25, 0.3) is 0 Å². The molecule has 0 aromatic rings. The Labute approximate surface area is 68.2 Å². The molecule has 1 aliphatic heterocycles. The quantitative estimate of drug-likeness (QED) is 0.321. The minimum absolute atomic E-state index is 1.05. The van der Waals surface area contributed by atoms with Crippen molar-refractivity contribution in [3.63, 3.8) is 0 Å². The predicted molar refractivity (Wildman–Crippen MR) is 45.1 cm³/mol. The van der Waals surface area contributed by atoms with Crippen LogP contribution in [-0.4, -0.2) is 5.75 Å². The van der Waals surface area contributed by atoms with E-state index in [1.807, 2.05) is 6.08 Å². The van der Waals surface area contributed by atoms with Gasteiger partial charge in [-0.3, -0.25) is 0 Å². The Kier molecular flexibility index (Phi) is 4.59. The molecular weight excluding hydrogens is 168 g/mol. The summed E-state index contributed by atoms with van der Waals surface area (Å²) in [5.41, 5.74) is 0. The summed E-state index contributed by atoms with van der Waals surface area (Å²) in [5.74, 6) is 1.05. The summed E-state index contributed by atoms with van der Waals surface area (Å²) in [7, 11) is 1.64. The molecule has 0 saturated carbocycles. The fraction of sp³-hybridized carbons (Fsp3) is 0.333. The molecule has 4 heteroatoms. The molecule has 0 radical (unpaired) electrons. The van der Waals surface area contributed by atoms with Crippen molar-refractivity contribution in [2.45, 2.75) is 6.42 Å². The predicted octanol–water partition coefficient (Wildman–Crippen LogP) is 2.70. The Morgan fingerprint density at radius 2 is 2.30 bits per heavy atom. The van der Waals surface area contributed by atoms with Crippen LogP contribution in [0.2, 0.25) is 0 Å². The maximum absolute atomic E-state index is 4.67. The van der Waals surface area contributed by atoms with E-state index in [9.17, 15) is 0 Å². The summed E-state index contributed by atoms with van der Waals surface area (Å²) in [6.45, 7) is 0. The van der Waals surface area contributed by atoms with Crippen LogP contribution in [0.4, 0.5) is 0 Å². The van der Waals surface area contributed by atoms with Crippen LogP contribution in [0.1, 0.15) is 6.42 Å². The van der Waals surface area contributed by atoms with Crippen LogP contribution in [-0.2, 0) is 9.22 Å². The molecule has 0 fully saturated rings. The van der Waals surface area contributed by atoms with Crippen molar-refractivity contribution < 1.29 is 9.22 Å². The van der Waals surface area contributed by atoms with Gasteiger partial charge in [0.25, 0.3) is 0 Å². The monoisotopic (exact) mass is 176 g/mol. The summed E-state index contributed by atoms with van der Waals surface area (Å²) < 4.78 is 4.67. The molecule has 56 valence electrons. The molecule has 1 heterocycles. The molecule has 0 aliphatic carbocycles. The van der Waals surface area contributed by atoms with E-state index in [0.29, 0.717) is 0 Å². The summed E-state index contributed by atoms with van der Waals surface area (Å²) >= 11 is 1.26. The first kappa shape index (κ1) is 8.04. The average molecular weight is 176 g/mol. The van der Waals surface area contributed by atoms with Crippen molar-refractivity contribution in [3.05, 3.63) is 24.5 Å². The number of hydrogen-bond acceptors (Lipinski definition) is 4. The van der Waals surface area contributed by atoms with E-state index in [0.717, 1.165) is 12.2 Å². The van der Waals surface area contributed by atoms with Gasteiger partial charge in [0.05, 0.1) is 0 Å². The van der Waals surface area contributed by atoms with Gasteiger partial charge in [-0.1, -0.05) is 22.9 Å². The zero-order chi connectivity index (χ0) is 7.07. The average Bonchev–Trinajstić information content (AvgIpc) is 2.01. The smallest absolute Gasteiger partial charge is 0.130 e. The highest BCUT2D eigenvalue weighted by Crippen LogP contribution is 2.23. The van der Waals surface area contributed by atoms with Crippen LogP contribution in [0, 0.1) is 0 Å². The maximum Gasteiger partial charge on any atom is 0.130 e. The Hall–Kier alpha value is -0.0600. The second-order valence-corrected chi connectivity index (χ2v) is 3.63. The molecule has 2 nitrogen and oxygen atoms in total. The standard InChI is InChI=1S/C6H8O2S2/c1-2-4-6-9-10-8-7-5-3-1/h1-3,5H,4,6H2/b2-1+,5-3-. The SMILES string of the molecule is C1=C\OOSSCC/C=C/1. The molecule has 0 bridgehead atoms. The lowest BCUT2D eigenvalue weighted by molar-refractivity contribution is -0.127.